The van der Waals surface area contributed by atoms with E-state index in [1.165, 1.54) is 0 Å². The predicted molar refractivity (Wildman–Crippen MR) is 87.8 cm³/mol. The largest absolute Gasteiger partial charge is 0.398 e. The van der Waals surface area contributed by atoms with Crippen molar-refractivity contribution in [2.45, 2.75) is 26.3 Å². The maximum absolute atomic E-state index is 12.4. The number of nitrogens with zero attached hydrogens (tertiary/aromatic N) is 1. The van der Waals surface area contributed by atoms with E-state index in [4.69, 9.17) is 5.73 Å². The molecular formula is C15H24BrN3O. The second-order valence-electron chi connectivity index (χ2n) is 5.77. The maximum Gasteiger partial charge on any atom is 0.252 e. The number of rotatable bonds is 6. The lowest BCUT2D eigenvalue weighted by Gasteiger charge is -2.24. The zero-order chi connectivity index (χ0) is 15.3. The molecule has 1 unspecified atom stereocenters. The van der Waals surface area contributed by atoms with Crippen LogP contribution in [0.25, 0.3) is 0 Å². The molecule has 20 heavy (non-hydrogen) atoms. The molecule has 0 fully saturated rings. The zero-order valence-electron chi connectivity index (χ0n) is 12.6. The van der Waals surface area contributed by atoms with Crippen molar-refractivity contribution in [3.63, 3.8) is 0 Å². The van der Waals surface area contributed by atoms with E-state index in [1.54, 1.807) is 18.2 Å². The molecule has 4 nitrogen and oxygen atoms in total. The minimum Gasteiger partial charge on any atom is -0.398 e. The fourth-order valence-electron chi connectivity index (χ4n) is 2.18. The van der Waals surface area contributed by atoms with Gasteiger partial charge in [0.05, 0.1) is 10.0 Å². The number of likely N-dealkylation sites (N-methyl/N-ethyl adjacent to an activating group) is 1. The molecule has 0 spiro atoms. The van der Waals surface area contributed by atoms with Crippen molar-refractivity contribution in [1.82, 2.24) is 10.2 Å². The molecule has 5 heteroatoms. The van der Waals surface area contributed by atoms with Crippen LogP contribution >= 0.6 is 15.9 Å². The summed E-state index contributed by atoms with van der Waals surface area (Å²) in [5, 5.41) is 3.10. The molecular weight excluding hydrogens is 318 g/mol. The third kappa shape index (κ3) is 5.13. The van der Waals surface area contributed by atoms with Crippen LogP contribution in [0.4, 0.5) is 5.69 Å². The third-order valence-corrected chi connectivity index (χ3v) is 3.83. The van der Waals surface area contributed by atoms with Gasteiger partial charge in [-0.3, -0.25) is 4.79 Å². The monoisotopic (exact) mass is 341 g/mol. The van der Waals surface area contributed by atoms with E-state index in [1.807, 2.05) is 14.1 Å². The van der Waals surface area contributed by atoms with Gasteiger partial charge in [0.15, 0.2) is 0 Å². The summed E-state index contributed by atoms with van der Waals surface area (Å²) < 4.78 is 0.658. The van der Waals surface area contributed by atoms with Gasteiger partial charge in [0.25, 0.3) is 5.91 Å². The Balaban J connectivity index is 2.81. The fourth-order valence-corrected chi connectivity index (χ4v) is 2.62. The Kier molecular flexibility index (Phi) is 6.49. The minimum absolute atomic E-state index is 0.0864. The summed E-state index contributed by atoms with van der Waals surface area (Å²) in [6.07, 6.45) is 0.948. The zero-order valence-corrected chi connectivity index (χ0v) is 14.2. The number of nitrogens with two attached hydrogens (primary N) is 1. The lowest BCUT2D eigenvalue weighted by molar-refractivity contribution is 0.0924. The van der Waals surface area contributed by atoms with Crippen LogP contribution in [-0.4, -0.2) is 37.5 Å². The van der Waals surface area contributed by atoms with E-state index >= 15 is 0 Å². The number of carbonyl (C=O) groups is 1. The number of nitrogen functional groups attached to an aromatic ring is 1. The van der Waals surface area contributed by atoms with Gasteiger partial charge in [0.2, 0.25) is 0 Å². The SMILES string of the molecule is CC(C)CC(CN(C)C)NC(=O)c1cccc(N)c1Br. The topological polar surface area (TPSA) is 58.4 Å². The molecule has 0 radical (unpaired) electrons. The Morgan fingerprint density at radius 2 is 2.05 bits per heavy atom. The van der Waals surface area contributed by atoms with Crippen molar-refractivity contribution >= 4 is 27.5 Å². The van der Waals surface area contributed by atoms with Crippen molar-refractivity contribution in [3.05, 3.63) is 28.2 Å². The quantitative estimate of drug-likeness (QED) is 0.782. The van der Waals surface area contributed by atoms with E-state index in [2.05, 4.69) is 40.0 Å². The molecule has 1 rings (SSSR count). The van der Waals surface area contributed by atoms with E-state index in [9.17, 15) is 4.79 Å². The van der Waals surface area contributed by atoms with Gasteiger partial charge in [-0.25, -0.2) is 0 Å². The van der Waals surface area contributed by atoms with Crippen LogP contribution in [0.2, 0.25) is 0 Å². The second-order valence-corrected chi connectivity index (χ2v) is 6.56. The molecule has 0 aliphatic heterocycles. The first-order chi connectivity index (χ1) is 9.31. The van der Waals surface area contributed by atoms with E-state index in [0.717, 1.165) is 13.0 Å². The predicted octanol–water partition coefficient (Wildman–Crippen LogP) is 2.74. The summed E-state index contributed by atoms with van der Waals surface area (Å²) in [6, 6.07) is 5.47. The van der Waals surface area contributed by atoms with Gasteiger partial charge >= 0.3 is 0 Å². The van der Waals surface area contributed by atoms with Gasteiger partial charge in [-0.05, 0) is 54.5 Å². The highest BCUT2D eigenvalue weighted by Crippen LogP contribution is 2.23. The van der Waals surface area contributed by atoms with Gasteiger partial charge in [0, 0.05) is 18.3 Å². The lowest BCUT2D eigenvalue weighted by atomic mass is 10.0. The number of halogens is 1. The number of anilines is 1. The van der Waals surface area contributed by atoms with Gasteiger partial charge in [-0.15, -0.1) is 0 Å². The van der Waals surface area contributed by atoms with E-state index in [-0.39, 0.29) is 11.9 Å². The molecule has 1 atom stereocenters. The number of hydrogen-bond donors (Lipinski definition) is 2. The first-order valence-electron chi connectivity index (χ1n) is 6.80. The van der Waals surface area contributed by atoms with Crippen LogP contribution in [-0.2, 0) is 0 Å². The molecule has 0 heterocycles. The number of nitrogens with one attached hydrogen (secondary N) is 1. The Labute approximate surface area is 129 Å². The summed E-state index contributed by atoms with van der Waals surface area (Å²) >= 11 is 3.38. The second kappa shape index (κ2) is 7.64. The first-order valence-corrected chi connectivity index (χ1v) is 7.60. The molecule has 1 aromatic carbocycles. The van der Waals surface area contributed by atoms with Crippen molar-refractivity contribution < 1.29 is 4.79 Å². The number of carbonyl (C=O) groups excluding carboxylic acids is 1. The number of amides is 1. The number of hydrogen-bond acceptors (Lipinski definition) is 3. The van der Waals surface area contributed by atoms with Crippen LogP contribution in [0.3, 0.4) is 0 Å². The van der Waals surface area contributed by atoms with Crippen LogP contribution < -0.4 is 11.1 Å². The Bertz CT molecular complexity index is 450. The summed E-state index contributed by atoms with van der Waals surface area (Å²) in [6.45, 7) is 5.14. The summed E-state index contributed by atoms with van der Waals surface area (Å²) in [4.78, 5) is 14.5. The normalized spacial score (nSPS) is 12.8. The highest BCUT2D eigenvalue weighted by molar-refractivity contribution is 9.10. The molecule has 1 amide bonds. The number of benzene rings is 1. The fraction of sp³-hybridized carbons (Fsp3) is 0.533. The van der Waals surface area contributed by atoms with Gasteiger partial charge in [-0.1, -0.05) is 19.9 Å². The van der Waals surface area contributed by atoms with Crippen LogP contribution in [0.1, 0.15) is 30.6 Å². The molecule has 3 N–H and O–H groups in total. The highest BCUT2D eigenvalue weighted by Gasteiger charge is 2.18. The maximum atomic E-state index is 12.4. The Hall–Kier alpha value is -1.07. The third-order valence-electron chi connectivity index (χ3n) is 2.95. The first kappa shape index (κ1) is 17.0. The molecule has 1 aromatic rings. The average Bonchev–Trinajstić information content (AvgIpc) is 2.30. The molecule has 0 aliphatic carbocycles. The van der Waals surface area contributed by atoms with Gasteiger partial charge in [0.1, 0.15) is 0 Å². The average molecular weight is 342 g/mol. The molecule has 0 aliphatic rings. The lowest BCUT2D eigenvalue weighted by Crippen LogP contribution is -2.42. The van der Waals surface area contributed by atoms with Gasteiger partial charge < -0.3 is 16.0 Å². The van der Waals surface area contributed by atoms with Crippen molar-refractivity contribution in [2.75, 3.05) is 26.4 Å². The van der Waals surface area contributed by atoms with E-state index in [0.29, 0.717) is 21.6 Å². The summed E-state index contributed by atoms with van der Waals surface area (Å²) in [5.41, 5.74) is 6.97. The molecule has 0 bridgehead atoms. The summed E-state index contributed by atoms with van der Waals surface area (Å²) in [7, 11) is 4.02. The van der Waals surface area contributed by atoms with Gasteiger partial charge in [-0.2, -0.15) is 0 Å². The Morgan fingerprint density at radius 3 is 2.60 bits per heavy atom. The van der Waals surface area contributed by atoms with Crippen molar-refractivity contribution in [3.8, 4) is 0 Å². The Morgan fingerprint density at radius 1 is 1.40 bits per heavy atom. The molecule has 0 aromatic heterocycles. The van der Waals surface area contributed by atoms with E-state index < -0.39 is 0 Å². The smallest absolute Gasteiger partial charge is 0.252 e. The van der Waals surface area contributed by atoms with Crippen LogP contribution in [0.15, 0.2) is 22.7 Å². The van der Waals surface area contributed by atoms with Crippen molar-refractivity contribution in [1.29, 1.82) is 0 Å². The molecule has 0 saturated carbocycles. The van der Waals surface area contributed by atoms with Crippen molar-refractivity contribution in [2.24, 2.45) is 5.92 Å². The standard InChI is InChI=1S/C15H24BrN3O/c1-10(2)8-11(9-19(3)4)18-15(20)12-6-5-7-13(17)14(12)16/h5-7,10-11H,8-9,17H2,1-4H3,(H,18,20). The molecule has 112 valence electrons. The van der Waals surface area contributed by atoms with Crippen LogP contribution in [0, 0.1) is 5.92 Å². The minimum atomic E-state index is -0.0864. The van der Waals surface area contributed by atoms with Crippen LogP contribution in [0.5, 0.6) is 0 Å². The molecule has 0 saturated heterocycles. The highest BCUT2D eigenvalue weighted by atomic mass is 79.9. The summed E-state index contributed by atoms with van der Waals surface area (Å²) in [5.74, 6) is 0.446.